The normalized spacial score (nSPS) is 18.5. The lowest BCUT2D eigenvalue weighted by atomic mass is 10.1. The van der Waals surface area contributed by atoms with E-state index in [-0.39, 0.29) is 5.91 Å². The summed E-state index contributed by atoms with van der Waals surface area (Å²) in [7, 11) is 0. The van der Waals surface area contributed by atoms with Crippen molar-refractivity contribution in [3.05, 3.63) is 30.0 Å². The number of aromatic nitrogens is 1. The zero-order valence-corrected chi connectivity index (χ0v) is 11.3. The summed E-state index contributed by atoms with van der Waals surface area (Å²) in [5, 5.41) is 3.84. The van der Waals surface area contributed by atoms with Crippen LogP contribution in [0, 0.1) is 5.92 Å². The van der Waals surface area contributed by atoms with Gasteiger partial charge < -0.3 is 20.8 Å². The Bertz CT molecular complexity index is 615. The quantitative estimate of drug-likeness (QED) is 0.744. The lowest BCUT2D eigenvalue weighted by Gasteiger charge is -2.08. The van der Waals surface area contributed by atoms with Crippen LogP contribution >= 0.6 is 0 Å². The first-order valence-corrected chi connectivity index (χ1v) is 6.96. The fourth-order valence-electron chi connectivity index (χ4n) is 2.62. The number of nitrogens with one attached hydrogen (secondary N) is 2. The third-order valence-electron chi connectivity index (χ3n) is 3.81. The molecule has 0 aliphatic carbocycles. The van der Waals surface area contributed by atoms with Gasteiger partial charge in [0, 0.05) is 42.5 Å². The van der Waals surface area contributed by atoms with Crippen LogP contribution in [-0.4, -0.2) is 30.6 Å². The van der Waals surface area contributed by atoms with Gasteiger partial charge in [-0.25, -0.2) is 0 Å². The van der Waals surface area contributed by atoms with Gasteiger partial charge in [0.05, 0.1) is 5.56 Å². The van der Waals surface area contributed by atoms with Crippen LogP contribution in [0.25, 0.3) is 10.9 Å². The highest BCUT2D eigenvalue weighted by molar-refractivity contribution is 6.07. The number of aromatic amines is 1. The van der Waals surface area contributed by atoms with Crippen LogP contribution in [0.4, 0.5) is 5.69 Å². The molecule has 5 nitrogen and oxygen atoms in total. The number of carbonyl (C=O) groups is 1. The van der Waals surface area contributed by atoms with E-state index in [2.05, 4.69) is 10.3 Å². The Morgan fingerprint density at radius 2 is 2.40 bits per heavy atom. The fraction of sp³-hybridized carbons (Fsp3) is 0.400. The second kappa shape index (κ2) is 5.54. The predicted octanol–water partition coefficient (Wildman–Crippen LogP) is 1.91. The summed E-state index contributed by atoms with van der Waals surface area (Å²) in [4.78, 5) is 15.3. The van der Waals surface area contributed by atoms with Gasteiger partial charge in [-0.15, -0.1) is 0 Å². The first-order valence-electron chi connectivity index (χ1n) is 6.96. The number of benzene rings is 1. The molecule has 1 saturated heterocycles. The first-order chi connectivity index (χ1) is 9.74. The Labute approximate surface area is 117 Å². The molecule has 0 saturated carbocycles. The molecule has 1 amide bonds. The molecule has 2 heterocycles. The number of rotatable bonds is 4. The topological polar surface area (TPSA) is 80.1 Å². The summed E-state index contributed by atoms with van der Waals surface area (Å²) in [6.45, 7) is 2.35. The van der Waals surface area contributed by atoms with E-state index < -0.39 is 0 Å². The molecule has 0 bridgehead atoms. The minimum Gasteiger partial charge on any atom is -0.399 e. The number of fused-ring (bicyclic) bond motifs is 1. The Balaban J connectivity index is 1.64. The standard InChI is InChI=1S/C15H19N3O2/c16-11-1-2-14-12(7-11)13(8-18-14)15(19)17-5-3-10-4-6-20-9-10/h1-2,7-8,10,18H,3-6,9,16H2,(H,17,19). The van der Waals surface area contributed by atoms with Crippen LogP contribution in [0.3, 0.4) is 0 Å². The van der Waals surface area contributed by atoms with Crippen LogP contribution in [0.2, 0.25) is 0 Å². The number of ether oxygens (including phenoxy) is 1. The van der Waals surface area contributed by atoms with Crippen molar-refractivity contribution in [3.63, 3.8) is 0 Å². The molecule has 1 aromatic heterocycles. The highest BCUT2D eigenvalue weighted by Gasteiger charge is 2.16. The van der Waals surface area contributed by atoms with E-state index in [1.54, 1.807) is 6.20 Å². The summed E-state index contributed by atoms with van der Waals surface area (Å²) in [6, 6.07) is 5.53. The number of anilines is 1. The number of hydrogen-bond donors (Lipinski definition) is 3. The molecule has 20 heavy (non-hydrogen) atoms. The number of H-pyrrole nitrogens is 1. The number of nitrogen functional groups attached to an aromatic ring is 1. The molecule has 0 radical (unpaired) electrons. The fourth-order valence-corrected chi connectivity index (χ4v) is 2.62. The van der Waals surface area contributed by atoms with E-state index in [1.807, 2.05) is 18.2 Å². The van der Waals surface area contributed by atoms with Gasteiger partial charge in [-0.1, -0.05) is 0 Å². The molecule has 1 fully saturated rings. The number of carbonyl (C=O) groups excluding carboxylic acids is 1. The Kier molecular flexibility index (Phi) is 3.60. The van der Waals surface area contributed by atoms with E-state index in [1.165, 1.54) is 0 Å². The van der Waals surface area contributed by atoms with Crippen LogP contribution in [-0.2, 0) is 4.74 Å². The van der Waals surface area contributed by atoms with Crippen LogP contribution < -0.4 is 11.1 Å². The van der Waals surface area contributed by atoms with E-state index in [0.717, 1.165) is 37.0 Å². The zero-order valence-electron chi connectivity index (χ0n) is 11.3. The van der Waals surface area contributed by atoms with Gasteiger partial charge in [-0.3, -0.25) is 4.79 Å². The lowest BCUT2D eigenvalue weighted by Crippen LogP contribution is -2.25. The van der Waals surface area contributed by atoms with E-state index in [9.17, 15) is 4.79 Å². The lowest BCUT2D eigenvalue weighted by molar-refractivity contribution is 0.0952. The minimum atomic E-state index is -0.0548. The van der Waals surface area contributed by atoms with Gasteiger partial charge in [-0.05, 0) is 37.0 Å². The SMILES string of the molecule is Nc1ccc2[nH]cc(C(=O)NCCC3CCOC3)c2c1. The van der Waals surface area contributed by atoms with Crippen molar-refractivity contribution < 1.29 is 9.53 Å². The Morgan fingerprint density at radius 3 is 3.20 bits per heavy atom. The molecule has 1 aromatic carbocycles. The van der Waals surface area contributed by atoms with Crippen LogP contribution in [0.15, 0.2) is 24.4 Å². The zero-order chi connectivity index (χ0) is 13.9. The molecule has 4 N–H and O–H groups in total. The third-order valence-corrected chi connectivity index (χ3v) is 3.81. The molecule has 5 heteroatoms. The van der Waals surface area contributed by atoms with Crippen LogP contribution in [0.1, 0.15) is 23.2 Å². The van der Waals surface area contributed by atoms with Crippen molar-refractivity contribution >= 4 is 22.5 Å². The maximum Gasteiger partial charge on any atom is 0.253 e. The van der Waals surface area contributed by atoms with Crippen LogP contribution in [0.5, 0.6) is 0 Å². The van der Waals surface area contributed by atoms with Crippen molar-refractivity contribution in [2.45, 2.75) is 12.8 Å². The number of nitrogens with two attached hydrogens (primary N) is 1. The molecule has 1 unspecified atom stereocenters. The monoisotopic (exact) mass is 273 g/mol. The van der Waals surface area contributed by atoms with E-state index in [4.69, 9.17) is 10.5 Å². The Hall–Kier alpha value is -2.01. The average molecular weight is 273 g/mol. The number of amides is 1. The average Bonchev–Trinajstić information content (AvgIpc) is 3.07. The molecular formula is C15H19N3O2. The van der Waals surface area contributed by atoms with Crippen molar-refractivity contribution in [2.75, 3.05) is 25.5 Å². The van der Waals surface area contributed by atoms with Crippen molar-refractivity contribution in [1.82, 2.24) is 10.3 Å². The maximum absolute atomic E-state index is 12.2. The molecule has 1 aliphatic heterocycles. The van der Waals surface area contributed by atoms with E-state index in [0.29, 0.717) is 23.7 Å². The smallest absolute Gasteiger partial charge is 0.253 e. The highest BCUT2D eigenvalue weighted by atomic mass is 16.5. The Morgan fingerprint density at radius 1 is 1.50 bits per heavy atom. The van der Waals surface area contributed by atoms with Gasteiger partial charge >= 0.3 is 0 Å². The van der Waals surface area contributed by atoms with Gasteiger partial charge in [0.2, 0.25) is 0 Å². The molecule has 1 atom stereocenters. The third kappa shape index (κ3) is 2.63. The highest BCUT2D eigenvalue weighted by Crippen LogP contribution is 2.21. The van der Waals surface area contributed by atoms with Crippen molar-refractivity contribution in [1.29, 1.82) is 0 Å². The molecule has 3 rings (SSSR count). The molecule has 106 valence electrons. The summed E-state index contributed by atoms with van der Waals surface area (Å²) in [5.74, 6) is 0.523. The minimum absolute atomic E-state index is 0.0548. The first kappa shape index (κ1) is 13.0. The molecule has 1 aliphatic rings. The van der Waals surface area contributed by atoms with Gasteiger partial charge in [0.1, 0.15) is 0 Å². The summed E-state index contributed by atoms with van der Waals surface area (Å²) >= 11 is 0. The van der Waals surface area contributed by atoms with Crippen molar-refractivity contribution in [3.8, 4) is 0 Å². The summed E-state index contributed by atoms with van der Waals surface area (Å²) < 4.78 is 5.33. The summed E-state index contributed by atoms with van der Waals surface area (Å²) in [6.07, 6.45) is 3.80. The molecule has 0 spiro atoms. The predicted molar refractivity (Wildman–Crippen MR) is 78.6 cm³/mol. The molecular weight excluding hydrogens is 254 g/mol. The van der Waals surface area contributed by atoms with Crippen molar-refractivity contribution in [2.24, 2.45) is 5.92 Å². The second-order valence-corrected chi connectivity index (χ2v) is 5.28. The maximum atomic E-state index is 12.2. The second-order valence-electron chi connectivity index (χ2n) is 5.28. The van der Waals surface area contributed by atoms with Gasteiger partial charge in [-0.2, -0.15) is 0 Å². The van der Waals surface area contributed by atoms with Gasteiger partial charge in [0.15, 0.2) is 0 Å². The molecule has 2 aromatic rings. The van der Waals surface area contributed by atoms with Gasteiger partial charge in [0.25, 0.3) is 5.91 Å². The number of hydrogen-bond acceptors (Lipinski definition) is 3. The van der Waals surface area contributed by atoms with E-state index >= 15 is 0 Å². The summed E-state index contributed by atoms with van der Waals surface area (Å²) in [5.41, 5.74) is 8.01. The largest absolute Gasteiger partial charge is 0.399 e.